The topological polar surface area (TPSA) is 76.1 Å². The van der Waals surface area contributed by atoms with Gasteiger partial charge in [0.15, 0.2) is 0 Å². The van der Waals surface area contributed by atoms with Crippen molar-refractivity contribution in [3.63, 3.8) is 0 Å². The minimum Gasteiger partial charge on any atom is -0.493 e. The summed E-state index contributed by atoms with van der Waals surface area (Å²) in [6.45, 7) is 0.529. The smallest absolute Gasteiger partial charge is 0.325 e. The fraction of sp³-hybridized carbons (Fsp3) is 0.118. The summed E-state index contributed by atoms with van der Waals surface area (Å²) in [7, 11) is 0. The maximum Gasteiger partial charge on any atom is 0.325 e. The van der Waals surface area contributed by atoms with Gasteiger partial charge in [-0.1, -0.05) is 30.0 Å². The van der Waals surface area contributed by atoms with Crippen LogP contribution < -0.4 is 15.4 Å². The molecule has 6 nitrogen and oxygen atoms in total. The van der Waals surface area contributed by atoms with Crippen LogP contribution in [0.4, 0.5) is 20.0 Å². The summed E-state index contributed by atoms with van der Waals surface area (Å²) in [4.78, 5) is 16.1. The molecule has 1 heterocycles. The molecule has 0 aliphatic carbocycles. The molecule has 2 aromatic carbocycles. The third-order valence-corrected chi connectivity index (χ3v) is 4.61. The van der Waals surface area contributed by atoms with E-state index in [-0.39, 0.29) is 5.82 Å². The summed E-state index contributed by atoms with van der Waals surface area (Å²) in [6.07, 6.45) is 0. The summed E-state index contributed by atoms with van der Waals surface area (Å²) < 4.78 is 22.6. The molecule has 0 saturated heterocycles. The standard InChI is InChI=1S/C17H15FN4O2S2/c18-12-6-8-13(9-7-12)19-15(23)20-16-21-17(22-26-16)25-11-10-24-14-4-2-1-3-5-14/h1-9H,10-11H2,(H2,19,20,21,22,23). The van der Waals surface area contributed by atoms with Crippen molar-refractivity contribution in [3.8, 4) is 5.75 Å². The van der Waals surface area contributed by atoms with Crippen molar-refractivity contribution in [1.82, 2.24) is 9.36 Å². The number of urea groups is 1. The Morgan fingerprint density at radius 3 is 2.65 bits per heavy atom. The number of nitrogens with one attached hydrogen (secondary N) is 2. The SMILES string of the molecule is O=C(Nc1ccc(F)cc1)Nc1nc(SCCOc2ccccc2)ns1. The minimum atomic E-state index is -0.461. The lowest BCUT2D eigenvalue weighted by Crippen LogP contribution is -2.19. The van der Waals surface area contributed by atoms with Crippen LogP contribution in [-0.2, 0) is 0 Å². The quantitative estimate of drug-likeness (QED) is 0.459. The second-order valence-electron chi connectivity index (χ2n) is 4.98. The predicted molar refractivity (Wildman–Crippen MR) is 102 cm³/mol. The van der Waals surface area contributed by atoms with Crippen LogP contribution in [0.25, 0.3) is 0 Å². The third-order valence-electron chi connectivity index (χ3n) is 3.06. The number of thioether (sulfide) groups is 1. The van der Waals surface area contributed by atoms with E-state index in [1.165, 1.54) is 36.0 Å². The number of anilines is 2. The molecule has 0 unspecified atom stereocenters. The lowest BCUT2D eigenvalue weighted by atomic mass is 10.3. The molecule has 0 saturated carbocycles. The van der Waals surface area contributed by atoms with Crippen LogP contribution in [0.2, 0.25) is 0 Å². The van der Waals surface area contributed by atoms with Crippen molar-refractivity contribution in [2.24, 2.45) is 0 Å². The zero-order chi connectivity index (χ0) is 18.2. The van der Waals surface area contributed by atoms with Crippen molar-refractivity contribution < 1.29 is 13.9 Å². The first-order chi connectivity index (χ1) is 12.7. The highest BCUT2D eigenvalue weighted by atomic mass is 32.2. The largest absolute Gasteiger partial charge is 0.493 e. The minimum absolute atomic E-state index is 0.363. The molecule has 0 aliphatic rings. The van der Waals surface area contributed by atoms with Gasteiger partial charge in [0.1, 0.15) is 11.6 Å². The molecule has 0 spiro atoms. The Bertz CT molecular complexity index is 843. The van der Waals surface area contributed by atoms with Crippen molar-refractivity contribution in [1.29, 1.82) is 0 Å². The van der Waals surface area contributed by atoms with Gasteiger partial charge in [0.05, 0.1) is 6.61 Å². The number of nitrogens with zero attached hydrogens (tertiary/aromatic N) is 2. The van der Waals surface area contributed by atoms with E-state index in [0.717, 1.165) is 17.3 Å². The fourth-order valence-corrected chi connectivity index (χ4v) is 3.28. The highest BCUT2D eigenvalue weighted by Gasteiger charge is 2.09. The average molecular weight is 390 g/mol. The first-order valence-electron chi connectivity index (χ1n) is 7.67. The molecular formula is C17H15FN4O2S2. The number of halogens is 1. The van der Waals surface area contributed by atoms with Gasteiger partial charge in [-0.05, 0) is 36.4 Å². The van der Waals surface area contributed by atoms with Crippen molar-refractivity contribution >= 4 is 40.1 Å². The Hall–Kier alpha value is -2.65. The number of hydrogen-bond acceptors (Lipinski definition) is 6. The number of rotatable bonds is 7. The van der Waals surface area contributed by atoms with Crippen molar-refractivity contribution in [3.05, 3.63) is 60.4 Å². The van der Waals surface area contributed by atoms with E-state index >= 15 is 0 Å². The van der Waals surface area contributed by atoms with Gasteiger partial charge in [-0.15, -0.1) is 0 Å². The van der Waals surface area contributed by atoms with Gasteiger partial charge >= 0.3 is 6.03 Å². The van der Waals surface area contributed by atoms with Crippen molar-refractivity contribution in [2.45, 2.75) is 5.16 Å². The first kappa shape index (κ1) is 18.2. The second-order valence-corrected chi connectivity index (χ2v) is 6.79. The Kier molecular flexibility index (Phi) is 6.39. The maximum absolute atomic E-state index is 12.8. The Morgan fingerprint density at radius 1 is 1.12 bits per heavy atom. The molecule has 134 valence electrons. The zero-order valence-electron chi connectivity index (χ0n) is 13.5. The summed E-state index contributed by atoms with van der Waals surface area (Å²) in [5.41, 5.74) is 0.487. The predicted octanol–water partition coefficient (Wildman–Crippen LogP) is 4.49. The van der Waals surface area contributed by atoms with Gasteiger partial charge < -0.3 is 10.1 Å². The Labute approximate surface area is 158 Å². The number of amides is 2. The summed E-state index contributed by atoms with van der Waals surface area (Å²) in [5, 5.41) is 6.15. The number of carbonyl (C=O) groups excluding carboxylic acids is 1. The molecule has 0 atom stereocenters. The van der Waals surface area contributed by atoms with Gasteiger partial charge in [0.2, 0.25) is 10.3 Å². The molecule has 0 fully saturated rings. The van der Waals surface area contributed by atoms with E-state index in [1.807, 2.05) is 30.3 Å². The molecule has 1 aromatic heterocycles. The second kappa shape index (κ2) is 9.16. The summed E-state index contributed by atoms with van der Waals surface area (Å²) in [6, 6.07) is 14.6. The summed E-state index contributed by atoms with van der Waals surface area (Å²) in [5.74, 6) is 1.14. The molecule has 0 bridgehead atoms. The summed E-state index contributed by atoms with van der Waals surface area (Å²) >= 11 is 2.53. The highest BCUT2D eigenvalue weighted by molar-refractivity contribution is 7.99. The fourth-order valence-electron chi connectivity index (χ4n) is 1.92. The van der Waals surface area contributed by atoms with Gasteiger partial charge in [-0.25, -0.2) is 9.18 Å². The van der Waals surface area contributed by atoms with E-state index in [0.29, 0.717) is 28.3 Å². The van der Waals surface area contributed by atoms with Gasteiger partial charge in [-0.2, -0.15) is 9.36 Å². The number of aromatic nitrogens is 2. The van der Waals surface area contributed by atoms with E-state index in [2.05, 4.69) is 20.0 Å². The number of ether oxygens (including phenoxy) is 1. The molecule has 3 aromatic rings. The van der Waals surface area contributed by atoms with Crippen LogP contribution in [0.5, 0.6) is 5.75 Å². The molecule has 0 aliphatic heterocycles. The Morgan fingerprint density at radius 2 is 1.88 bits per heavy atom. The number of carbonyl (C=O) groups is 1. The average Bonchev–Trinajstić information content (AvgIpc) is 3.09. The molecule has 9 heteroatoms. The molecule has 26 heavy (non-hydrogen) atoms. The van der Waals surface area contributed by atoms with Crippen LogP contribution in [0.15, 0.2) is 59.8 Å². The number of benzene rings is 2. The molecule has 3 rings (SSSR count). The monoisotopic (exact) mass is 390 g/mol. The molecule has 2 amide bonds. The van der Waals surface area contributed by atoms with Crippen LogP contribution in [0.1, 0.15) is 0 Å². The third kappa shape index (κ3) is 5.71. The molecule has 2 N–H and O–H groups in total. The zero-order valence-corrected chi connectivity index (χ0v) is 15.1. The van der Waals surface area contributed by atoms with Crippen LogP contribution in [-0.4, -0.2) is 27.7 Å². The first-order valence-corrected chi connectivity index (χ1v) is 9.43. The van der Waals surface area contributed by atoms with E-state index < -0.39 is 6.03 Å². The highest BCUT2D eigenvalue weighted by Crippen LogP contribution is 2.20. The van der Waals surface area contributed by atoms with Gasteiger partial charge in [0.25, 0.3) is 0 Å². The lowest BCUT2D eigenvalue weighted by Gasteiger charge is -2.04. The van der Waals surface area contributed by atoms with Gasteiger partial charge in [-0.3, -0.25) is 5.32 Å². The molecule has 0 radical (unpaired) electrons. The van der Waals surface area contributed by atoms with Gasteiger partial charge in [0, 0.05) is 23.0 Å². The number of para-hydroxylation sites is 1. The van der Waals surface area contributed by atoms with Crippen LogP contribution >= 0.6 is 23.3 Å². The van der Waals surface area contributed by atoms with Crippen molar-refractivity contribution in [2.75, 3.05) is 23.0 Å². The normalized spacial score (nSPS) is 10.3. The van der Waals surface area contributed by atoms with Crippen LogP contribution in [0.3, 0.4) is 0 Å². The lowest BCUT2D eigenvalue weighted by molar-refractivity contribution is 0.262. The van der Waals surface area contributed by atoms with Crippen LogP contribution in [0, 0.1) is 5.82 Å². The van der Waals surface area contributed by atoms with E-state index in [9.17, 15) is 9.18 Å². The van der Waals surface area contributed by atoms with E-state index in [1.54, 1.807) is 0 Å². The molecular weight excluding hydrogens is 375 g/mol. The number of hydrogen-bond donors (Lipinski definition) is 2. The van der Waals surface area contributed by atoms with E-state index in [4.69, 9.17) is 4.74 Å². The Balaban J connectivity index is 1.41. The maximum atomic E-state index is 12.8.